The van der Waals surface area contributed by atoms with Crippen molar-refractivity contribution < 1.29 is 4.79 Å². The maximum Gasteiger partial charge on any atom is 0.138 e. The van der Waals surface area contributed by atoms with Gasteiger partial charge in [-0.3, -0.25) is 4.79 Å². The largest absolute Gasteiger partial charge is 0.299 e. The van der Waals surface area contributed by atoms with Crippen LogP contribution in [0.3, 0.4) is 0 Å². The Morgan fingerprint density at radius 2 is 1.56 bits per heavy atom. The lowest BCUT2D eigenvalue weighted by molar-refractivity contribution is -0.157. The van der Waals surface area contributed by atoms with Crippen LogP contribution in [0.2, 0.25) is 0 Å². The quantitative estimate of drug-likeness (QED) is 0.393. The summed E-state index contributed by atoms with van der Waals surface area (Å²) in [5, 5.41) is 0. The highest BCUT2D eigenvalue weighted by Gasteiger charge is 2.82. The maximum absolute atomic E-state index is 12.8. The summed E-state index contributed by atoms with van der Waals surface area (Å²) in [5.74, 6) is 4.41. The van der Waals surface area contributed by atoms with Crippen LogP contribution in [0.25, 0.3) is 0 Å². The third-order valence-corrected chi connectivity index (χ3v) is 13.3. The Labute approximate surface area is 198 Å². The van der Waals surface area contributed by atoms with Gasteiger partial charge in [-0.25, -0.2) is 0 Å². The minimum absolute atomic E-state index is 0.0834. The van der Waals surface area contributed by atoms with Crippen LogP contribution in [0, 0.1) is 56.7 Å². The second-order valence-corrected chi connectivity index (χ2v) is 14.6. The van der Waals surface area contributed by atoms with Crippen molar-refractivity contribution >= 4 is 5.78 Å². The van der Waals surface area contributed by atoms with Crippen LogP contribution in [0.5, 0.6) is 0 Å². The molecule has 5 aliphatic rings. The molecule has 0 aromatic heterocycles. The van der Waals surface area contributed by atoms with Crippen molar-refractivity contribution in [3.05, 3.63) is 12.2 Å². The molecule has 1 heteroatoms. The zero-order valence-electron chi connectivity index (χ0n) is 22.3. The van der Waals surface area contributed by atoms with Gasteiger partial charge in [-0.15, -0.1) is 0 Å². The highest BCUT2D eigenvalue weighted by Crippen LogP contribution is 2.88. The number of ketones is 1. The number of rotatable bonds is 5. The Morgan fingerprint density at radius 1 is 0.906 bits per heavy atom. The molecule has 0 amide bonds. The van der Waals surface area contributed by atoms with Gasteiger partial charge in [0.05, 0.1) is 0 Å². The van der Waals surface area contributed by atoms with E-state index in [2.05, 4.69) is 55.0 Å². The summed E-state index contributed by atoms with van der Waals surface area (Å²) < 4.78 is 0. The van der Waals surface area contributed by atoms with Crippen molar-refractivity contribution in [3.63, 3.8) is 0 Å². The first kappa shape index (κ1) is 23.2. The van der Waals surface area contributed by atoms with Crippen molar-refractivity contribution in [2.45, 2.75) is 119 Å². The lowest BCUT2D eigenvalue weighted by Crippen LogP contribution is -2.57. The summed E-state index contributed by atoms with van der Waals surface area (Å²) in [7, 11) is 0. The summed E-state index contributed by atoms with van der Waals surface area (Å²) in [6, 6.07) is 0. The predicted molar refractivity (Wildman–Crippen MR) is 134 cm³/mol. The predicted octanol–water partition coefficient (Wildman–Crippen LogP) is 8.62. The number of fused-ring (bicyclic) bond motifs is 2. The van der Waals surface area contributed by atoms with Crippen molar-refractivity contribution in [2.75, 3.05) is 0 Å². The third kappa shape index (κ3) is 2.66. The zero-order chi connectivity index (χ0) is 23.3. The van der Waals surface area contributed by atoms with Gasteiger partial charge in [0.1, 0.15) is 5.78 Å². The maximum atomic E-state index is 12.8. The number of Topliss-reactive ketones (excluding diaryl/α,β-unsaturated/α-hetero) is 1. The first-order valence-electron chi connectivity index (χ1n) is 14.1. The van der Waals surface area contributed by atoms with Gasteiger partial charge < -0.3 is 0 Å². The van der Waals surface area contributed by atoms with Crippen LogP contribution in [0.1, 0.15) is 119 Å². The fourth-order valence-electron chi connectivity index (χ4n) is 11.0. The van der Waals surface area contributed by atoms with E-state index in [4.69, 9.17) is 0 Å². The van der Waals surface area contributed by atoms with Gasteiger partial charge in [-0.1, -0.05) is 60.6 Å². The third-order valence-electron chi connectivity index (χ3n) is 13.3. The van der Waals surface area contributed by atoms with Gasteiger partial charge in [0, 0.05) is 11.8 Å². The van der Waals surface area contributed by atoms with Gasteiger partial charge in [0.2, 0.25) is 0 Å². The molecule has 180 valence electrons. The molecule has 0 radical (unpaired) electrons. The summed E-state index contributed by atoms with van der Waals surface area (Å²) in [4.78, 5) is 12.8. The smallest absolute Gasteiger partial charge is 0.138 e. The molecule has 5 fully saturated rings. The average Bonchev–Trinajstić information content (AvgIpc) is 3.31. The topological polar surface area (TPSA) is 17.1 Å². The van der Waals surface area contributed by atoms with E-state index in [1.54, 1.807) is 0 Å². The SMILES string of the molecule is C=C(CCC(C)[C@H]1CC[C@@]2(C)C3CC[C@H]4C(C)(C)C(=O)CC[C@@]45C[C@@]35CC[C@]12C)C(C)C. The first-order valence-corrected chi connectivity index (χ1v) is 14.1. The van der Waals surface area contributed by atoms with Crippen molar-refractivity contribution in [3.8, 4) is 0 Å². The second kappa shape index (κ2) is 6.97. The van der Waals surface area contributed by atoms with Crippen LogP contribution in [0.4, 0.5) is 0 Å². The van der Waals surface area contributed by atoms with E-state index in [9.17, 15) is 4.79 Å². The lowest BCUT2D eigenvalue weighted by atomic mass is 9.42. The summed E-state index contributed by atoms with van der Waals surface area (Å²) >= 11 is 0. The highest BCUT2D eigenvalue weighted by atomic mass is 16.1. The summed E-state index contributed by atoms with van der Waals surface area (Å²) in [5.41, 5.74) is 3.44. The van der Waals surface area contributed by atoms with Crippen molar-refractivity contribution in [2.24, 2.45) is 56.7 Å². The van der Waals surface area contributed by atoms with Gasteiger partial charge >= 0.3 is 0 Å². The average molecular weight is 439 g/mol. The van der Waals surface area contributed by atoms with E-state index < -0.39 is 0 Å². The molecule has 32 heavy (non-hydrogen) atoms. The molecule has 0 heterocycles. The molecule has 0 N–H and O–H groups in total. The van der Waals surface area contributed by atoms with E-state index in [1.165, 1.54) is 69.8 Å². The molecular formula is C31H50O. The summed E-state index contributed by atoms with van der Waals surface area (Å²) in [6.45, 7) is 21.5. The fraction of sp³-hybridized carbons (Fsp3) is 0.903. The number of carbonyl (C=O) groups is 1. The molecule has 0 aromatic rings. The van der Waals surface area contributed by atoms with Crippen molar-refractivity contribution in [1.82, 2.24) is 0 Å². The second-order valence-electron chi connectivity index (χ2n) is 14.6. The Kier molecular flexibility index (Phi) is 5.05. The van der Waals surface area contributed by atoms with E-state index in [0.29, 0.717) is 39.3 Å². The monoisotopic (exact) mass is 438 g/mol. The minimum atomic E-state index is -0.0834. The van der Waals surface area contributed by atoms with Crippen LogP contribution in [-0.2, 0) is 4.79 Å². The van der Waals surface area contributed by atoms with Crippen LogP contribution in [0.15, 0.2) is 12.2 Å². The Morgan fingerprint density at radius 3 is 2.25 bits per heavy atom. The van der Waals surface area contributed by atoms with E-state index in [1.807, 2.05) is 0 Å². The fourth-order valence-corrected chi connectivity index (χ4v) is 11.0. The normalized spacial score (nSPS) is 49.6. The van der Waals surface area contributed by atoms with Crippen LogP contribution >= 0.6 is 0 Å². The molecule has 0 aliphatic heterocycles. The Hall–Kier alpha value is -0.590. The molecule has 0 saturated heterocycles. The number of hydrogen-bond acceptors (Lipinski definition) is 1. The van der Waals surface area contributed by atoms with E-state index in [-0.39, 0.29) is 5.41 Å². The number of allylic oxidation sites excluding steroid dienone is 1. The lowest BCUT2D eigenvalue weighted by Gasteiger charge is -2.62. The molecule has 2 unspecified atom stereocenters. The van der Waals surface area contributed by atoms with E-state index in [0.717, 1.165) is 24.2 Å². The molecular weight excluding hydrogens is 388 g/mol. The van der Waals surface area contributed by atoms with Crippen LogP contribution < -0.4 is 0 Å². The summed E-state index contributed by atoms with van der Waals surface area (Å²) in [6.07, 6.45) is 14.5. The molecule has 5 rings (SSSR count). The molecule has 8 atom stereocenters. The number of carbonyl (C=O) groups excluding carboxylic acids is 1. The molecule has 0 bridgehead atoms. The van der Waals surface area contributed by atoms with Gasteiger partial charge in [-0.05, 0) is 115 Å². The first-order chi connectivity index (χ1) is 14.9. The highest BCUT2D eigenvalue weighted by molar-refractivity contribution is 5.86. The molecule has 1 nitrogen and oxygen atoms in total. The van der Waals surface area contributed by atoms with Gasteiger partial charge in [0.15, 0.2) is 0 Å². The van der Waals surface area contributed by atoms with Crippen LogP contribution in [-0.4, -0.2) is 5.78 Å². The van der Waals surface area contributed by atoms with Crippen molar-refractivity contribution in [1.29, 1.82) is 0 Å². The Bertz CT molecular complexity index is 820. The van der Waals surface area contributed by atoms with Gasteiger partial charge in [-0.2, -0.15) is 0 Å². The number of hydrogen-bond donors (Lipinski definition) is 0. The van der Waals surface area contributed by atoms with Gasteiger partial charge in [0.25, 0.3) is 0 Å². The van der Waals surface area contributed by atoms with E-state index >= 15 is 0 Å². The molecule has 5 saturated carbocycles. The standard InChI is InChI=1S/C31H50O/c1-20(2)21(3)9-10-22(4)23-13-15-29(8)25-12-11-24-27(5,6)26(32)14-16-30(24)19-31(25,30)18-17-28(23,29)7/h20,22-25H,3,9-19H2,1-2,4-8H3/t22?,23-,24+,25?,28-,29+,30-,31+/m1/s1. The zero-order valence-corrected chi connectivity index (χ0v) is 22.3. The molecule has 0 aromatic carbocycles. The molecule has 2 spiro atoms. The Balaban J connectivity index is 1.39. The molecule has 5 aliphatic carbocycles. The minimum Gasteiger partial charge on any atom is -0.299 e.